The largest absolute Gasteiger partial charge is 0.481 e. The first-order valence-electron chi connectivity index (χ1n) is 30.2. The smallest absolute Gasteiger partial charge is 0.326 e. The predicted molar refractivity (Wildman–Crippen MR) is 310 cm³/mol. The number of Topliss-reactive ketones (excluding diaryl/α,β-unsaturated/α-hetero) is 5. The van der Waals surface area contributed by atoms with Gasteiger partial charge in [-0.3, -0.25) is 52.7 Å². The molecule has 0 saturated heterocycles. The van der Waals surface area contributed by atoms with Gasteiger partial charge in [0.05, 0.1) is 39.0 Å². The Morgan fingerprint density at radius 2 is 0.918 bits per heavy atom. The molecule has 0 aromatic carbocycles. The first-order chi connectivity index (χ1) is 40.2. The van der Waals surface area contributed by atoms with E-state index in [9.17, 15) is 77.6 Å². The van der Waals surface area contributed by atoms with E-state index in [0.29, 0.717) is 51.7 Å². The third-order valence-corrected chi connectivity index (χ3v) is 14.0. The van der Waals surface area contributed by atoms with Crippen LogP contribution in [0.5, 0.6) is 0 Å². The van der Waals surface area contributed by atoms with Crippen LogP contribution in [0.1, 0.15) is 202 Å². The van der Waals surface area contributed by atoms with Crippen molar-refractivity contribution in [1.29, 1.82) is 0 Å². The predicted octanol–water partition coefficient (Wildman–Crippen LogP) is 5.52. The van der Waals surface area contributed by atoms with E-state index in [0.717, 1.165) is 51.4 Å². The quantitative estimate of drug-likeness (QED) is 0.0348. The Morgan fingerprint density at radius 1 is 0.412 bits per heavy atom. The lowest BCUT2D eigenvalue weighted by atomic mass is 9.82. The molecule has 0 fully saturated rings. The minimum Gasteiger partial charge on any atom is -0.481 e. The number of rotatable bonds is 57. The van der Waals surface area contributed by atoms with Gasteiger partial charge in [-0.1, -0.05) is 85.5 Å². The fourth-order valence-electron chi connectivity index (χ4n) is 8.57. The fourth-order valence-corrected chi connectivity index (χ4v) is 8.57. The van der Waals surface area contributed by atoms with Crippen molar-refractivity contribution in [3.05, 3.63) is 0 Å². The number of hydrogen-bond donors (Lipinski definition) is 8. The van der Waals surface area contributed by atoms with Crippen LogP contribution in [0.15, 0.2) is 0 Å². The van der Waals surface area contributed by atoms with Gasteiger partial charge in [-0.15, -0.1) is 0 Å². The van der Waals surface area contributed by atoms with Crippen LogP contribution in [0.4, 0.5) is 0 Å². The van der Waals surface area contributed by atoms with Gasteiger partial charge in [0, 0.05) is 94.7 Å². The minimum absolute atomic E-state index is 0.00541. The zero-order valence-corrected chi connectivity index (χ0v) is 51.1. The first kappa shape index (κ1) is 79.0. The molecule has 8 N–H and O–H groups in total. The number of aliphatic carboxylic acids is 4. The van der Waals surface area contributed by atoms with Crippen molar-refractivity contribution in [3.8, 4) is 0 Å². The van der Waals surface area contributed by atoms with Gasteiger partial charge < -0.3 is 60.6 Å². The number of unbranched alkanes of at least 4 members (excludes halogenated alkanes) is 10. The normalized spacial score (nSPS) is 13.1. The van der Waals surface area contributed by atoms with Gasteiger partial charge in [-0.25, -0.2) is 9.59 Å². The molecule has 486 valence electrons. The molecule has 0 unspecified atom stereocenters. The molecule has 0 heterocycles. The van der Waals surface area contributed by atoms with E-state index in [1.165, 1.54) is 6.92 Å². The highest BCUT2D eigenvalue weighted by atomic mass is 16.5. The number of carboxylic acids is 4. The topological polar surface area (TPSA) is 388 Å². The van der Waals surface area contributed by atoms with Crippen LogP contribution in [0.3, 0.4) is 0 Å². The third-order valence-electron chi connectivity index (χ3n) is 14.0. The first-order valence-corrected chi connectivity index (χ1v) is 30.2. The minimum atomic E-state index is -1.54. The van der Waals surface area contributed by atoms with Crippen molar-refractivity contribution in [1.82, 2.24) is 21.3 Å². The summed E-state index contributed by atoms with van der Waals surface area (Å²) in [7, 11) is 0. The van der Waals surface area contributed by atoms with Gasteiger partial charge >= 0.3 is 23.9 Å². The highest BCUT2D eigenvalue weighted by Gasteiger charge is 2.29. The maximum atomic E-state index is 12.7. The van der Waals surface area contributed by atoms with Crippen LogP contribution in [0.2, 0.25) is 0 Å². The molecular formula is C60H100N4O21. The summed E-state index contributed by atoms with van der Waals surface area (Å²) in [5.41, 5.74) is -0.530. The van der Waals surface area contributed by atoms with Gasteiger partial charge in [0.25, 0.3) is 0 Å². The highest BCUT2D eigenvalue weighted by Crippen LogP contribution is 2.24. The van der Waals surface area contributed by atoms with E-state index in [-0.39, 0.29) is 140 Å². The van der Waals surface area contributed by atoms with Crippen molar-refractivity contribution in [3.63, 3.8) is 0 Å². The molecule has 0 spiro atoms. The van der Waals surface area contributed by atoms with Crippen molar-refractivity contribution in [2.24, 2.45) is 23.2 Å². The summed E-state index contributed by atoms with van der Waals surface area (Å²) in [6, 6.07) is -2.93. The molecule has 0 aromatic rings. The monoisotopic (exact) mass is 1210 g/mol. The molecule has 0 saturated carbocycles. The molecular weight excluding hydrogens is 1110 g/mol. The second kappa shape index (κ2) is 48.1. The van der Waals surface area contributed by atoms with Crippen LogP contribution in [-0.4, -0.2) is 175 Å². The summed E-state index contributed by atoms with van der Waals surface area (Å²) in [6.07, 6.45) is 9.41. The van der Waals surface area contributed by atoms with Crippen LogP contribution < -0.4 is 21.3 Å². The molecule has 25 nitrogen and oxygen atoms in total. The Labute approximate surface area is 500 Å². The number of carbonyl (C=O) groups excluding carboxylic acids is 9. The summed E-state index contributed by atoms with van der Waals surface area (Å²) >= 11 is 0. The van der Waals surface area contributed by atoms with Gasteiger partial charge in [-0.05, 0) is 58.3 Å². The molecule has 0 rings (SSSR count). The van der Waals surface area contributed by atoms with Gasteiger partial charge in [-0.2, -0.15) is 0 Å². The number of carbonyl (C=O) groups is 13. The molecule has 0 radical (unpaired) electrons. The molecule has 0 aliphatic heterocycles. The van der Waals surface area contributed by atoms with Crippen molar-refractivity contribution in [2.75, 3.05) is 65.9 Å². The van der Waals surface area contributed by atoms with Crippen molar-refractivity contribution < 1.29 is 102 Å². The van der Waals surface area contributed by atoms with E-state index in [4.69, 9.17) is 24.1 Å². The van der Waals surface area contributed by atoms with Crippen molar-refractivity contribution >= 4 is 76.4 Å². The molecule has 0 aliphatic carbocycles. The summed E-state index contributed by atoms with van der Waals surface area (Å²) in [5, 5.41) is 47.6. The van der Waals surface area contributed by atoms with E-state index in [1.807, 2.05) is 20.8 Å². The molecule has 0 aromatic heterocycles. The van der Waals surface area contributed by atoms with E-state index in [1.54, 1.807) is 6.92 Å². The van der Waals surface area contributed by atoms with Crippen molar-refractivity contribution in [2.45, 2.75) is 214 Å². The zero-order chi connectivity index (χ0) is 64.0. The Bertz CT molecular complexity index is 2080. The highest BCUT2D eigenvalue weighted by molar-refractivity contribution is 5.92. The second-order valence-electron chi connectivity index (χ2n) is 22.7. The summed E-state index contributed by atoms with van der Waals surface area (Å²) in [4.78, 5) is 158. The van der Waals surface area contributed by atoms with Crippen LogP contribution >= 0.6 is 0 Å². The Kier molecular flexibility index (Phi) is 44.7. The van der Waals surface area contributed by atoms with Crippen LogP contribution in [0.25, 0.3) is 0 Å². The lowest BCUT2D eigenvalue weighted by Crippen LogP contribution is -2.44. The molecule has 0 aliphatic rings. The van der Waals surface area contributed by atoms with E-state index >= 15 is 0 Å². The van der Waals surface area contributed by atoms with Crippen LogP contribution in [0, 0.1) is 23.2 Å². The number of ketones is 5. The average molecular weight is 1210 g/mol. The lowest BCUT2D eigenvalue weighted by Gasteiger charge is -2.20. The molecule has 4 amide bonds. The van der Waals surface area contributed by atoms with Gasteiger partial charge in [0.15, 0.2) is 5.78 Å². The maximum absolute atomic E-state index is 12.7. The second-order valence-corrected chi connectivity index (χ2v) is 22.7. The van der Waals surface area contributed by atoms with E-state index in [2.05, 4.69) is 21.3 Å². The maximum Gasteiger partial charge on any atom is 0.326 e. The summed E-state index contributed by atoms with van der Waals surface area (Å²) < 4.78 is 21.5. The molecule has 25 heteroatoms. The van der Waals surface area contributed by atoms with Gasteiger partial charge in [0.2, 0.25) is 23.6 Å². The Morgan fingerprint density at radius 3 is 1.47 bits per heavy atom. The lowest BCUT2D eigenvalue weighted by molar-refractivity contribution is -0.145. The summed E-state index contributed by atoms with van der Waals surface area (Å²) in [5.74, 6) is -10.1. The van der Waals surface area contributed by atoms with Crippen LogP contribution in [-0.2, 0) is 81.3 Å². The standard InChI is InChI=1S/C60H100N4O21/c1-42(37-51(69)60(3,4)5)50(68)39-44(43(2)65)19-16-17-29-61-55(73)41-85-36-33-82-31-18-20-47(67)40-84-35-34-83-32-30-62-52(70)27-23-45(57(76)77)38-46(66)24-25-48(58(78)79)64-54(72)28-26-49(59(80)81)63-53(71)21-14-12-10-8-6-7-9-11-13-15-22-56(74)75/h42,44-45,48-49H,6-41H2,1-5H3,(H,61,73)(H,62,70)(H,63,71)(H,64,72)(H,74,75)(H,76,77)(H,78,79)(H,80,81)/t42-,44-,45-,48+,49+/m1/s1. The van der Waals surface area contributed by atoms with E-state index < -0.39 is 102 Å². The SMILES string of the molecule is CC(=O)[C@H](CCCCNC(=O)COCCOCCCC(=O)COCCOCCNC(=O)CC[C@H](CC(=O)CC[C@H](NC(=O)CC[C@H](NC(=O)CCCCCCCCCCCCC(=O)O)C(=O)O)C(=O)O)C(=O)O)CC(=O)[C@H](C)CC(=O)C(C)(C)C. The number of ether oxygens (including phenoxy) is 4. The summed E-state index contributed by atoms with van der Waals surface area (Å²) in [6.45, 7) is 9.83. The Hall–Kier alpha value is -6.05. The molecule has 0 bridgehead atoms. The van der Waals surface area contributed by atoms with Gasteiger partial charge in [0.1, 0.15) is 48.4 Å². The molecule has 85 heavy (non-hydrogen) atoms. The third kappa shape index (κ3) is 45.0. The fraction of sp³-hybridized carbons (Fsp3) is 0.783. The average Bonchev–Trinajstić information content (AvgIpc) is 3.49. The number of nitrogens with one attached hydrogen (secondary N) is 4. The number of amides is 4. The number of hydrogen-bond acceptors (Lipinski definition) is 17. The zero-order valence-electron chi connectivity index (χ0n) is 51.1. The molecule has 5 atom stereocenters. The Balaban J connectivity index is 4.17. The number of carboxylic acid groups (broad SMARTS) is 4.